The lowest BCUT2D eigenvalue weighted by atomic mass is 10.2. The first-order chi connectivity index (χ1) is 6.06. The van der Waals surface area contributed by atoms with Crippen LogP contribution in [0.25, 0.3) is 0 Å². The van der Waals surface area contributed by atoms with Crippen LogP contribution in [-0.2, 0) is 9.59 Å². The predicted molar refractivity (Wildman–Crippen MR) is 53.3 cm³/mol. The standard InChI is InChI=1S/C6H4O2.C5H10/c7-5-1-2-6(8)4-3-5;1-4-5(2)3/h1-4H;4-5H,1H2,2-3H3. The third-order valence-electron chi connectivity index (χ3n) is 1.30. The Morgan fingerprint density at radius 2 is 1.31 bits per heavy atom. The van der Waals surface area contributed by atoms with Crippen LogP contribution >= 0.6 is 0 Å². The Balaban J connectivity index is 0.000000252. The number of rotatable bonds is 1. The van der Waals surface area contributed by atoms with Crippen LogP contribution in [0, 0.1) is 5.92 Å². The first-order valence-electron chi connectivity index (χ1n) is 4.13. The van der Waals surface area contributed by atoms with Gasteiger partial charge in [0.15, 0.2) is 11.6 Å². The van der Waals surface area contributed by atoms with E-state index in [1.165, 1.54) is 24.3 Å². The Morgan fingerprint density at radius 3 is 1.46 bits per heavy atom. The van der Waals surface area contributed by atoms with Crippen LogP contribution in [0.2, 0.25) is 0 Å². The van der Waals surface area contributed by atoms with E-state index in [9.17, 15) is 9.59 Å². The SMILES string of the molecule is C=CC(C)C.O=C1C=CC(=O)C=C1. The molecule has 0 aliphatic heterocycles. The molecular formula is C11H14O2. The minimum absolute atomic E-state index is 0.121. The summed E-state index contributed by atoms with van der Waals surface area (Å²) < 4.78 is 0. The summed E-state index contributed by atoms with van der Waals surface area (Å²) in [5.41, 5.74) is 0. The van der Waals surface area contributed by atoms with Gasteiger partial charge in [0, 0.05) is 0 Å². The molecule has 0 N–H and O–H groups in total. The Labute approximate surface area is 78.6 Å². The smallest absolute Gasteiger partial charge is 0.178 e. The molecular weight excluding hydrogens is 164 g/mol. The Hall–Kier alpha value is -1.44. The number of allylic oxidation sites excluding steroid dienone is 5. The molecule has 0 amide bonds. The monoisotopic (exact) mass is 178 g/mol. The van der Waals surface area contributed by atoms with Crippen molar-refractivity contribution >= 4 is 11.6 Å². The van der Waals surface area contributed by atoms with Gasteiger partial charge in [-0.05, 0) is 30.2 Å². The van der Waals surface area contributed by atoms with Crippen molar-refractivity contribution in [2.45, 2.75) is 13.8 Å². The van der Waals surface area contributed by atoms with E-state index in [2.05, 4.69) is 20.4 Å². The second-order valence-electron chi connectivity index (χ2n) is 2.95. The van der Waals surface area contributed by atoms with Crippen molar-refractivity contribution < 1.29 is 9.59 Å². The quantitative estimate of drug-likeness (QED) is 0.455. The maximum Gasteiger partial charge on any atom is 0.178 e. The third kappa shape index (κ3) is 6.94. The summed E-state index contributed by atoms with van der Waals surface area (Å²) in [5.74, 6) is 0.407. The second-order valence-corrected chi connectivity index (χ2v) is 2.95. The van der Waals surface area contributed by atoms with Crippen LogP contribution in [0.3, 0.4) is 0 Å². The van der Waals surface area contributed by atoms with Crippen LogP contribution < -0.4 is 0 Å². The Kier molecular flexibility index (Phi) is 5.44. The van der Waals surface area contributed by atoms with E-state index in [0.717, 1.165) is 0 Å². The van der Waals surface area contributed by atoms with Gasteiger partial charge in [0.2, 0.25) is 0 Å². The van der Waals surface area contributed by atoms with E-state index in [0.29, 0.717) is 5.92 Å². The molecule has 13 heavy (non-hydrogen) atoms. The van der Waals surface area contributed by atoms with Crippen molar-refractivity contribution in [3.63, 3.8) is 0 Å². The van der Waals surface area contributed by atoms with Crippen molar-refractivity contribution in [2.24, 2.45) is 5.92 Å². The number of carbonyl (C=O) groups is 2. The highest BCUT2D eigenvalue weighted by atomic mass is 16.1. The van der Waals surface area contributed by atoms with Gasteiger partial charge in [-0.3, -0.25) is 9.59 Å². The fourth-order valence-electron chi connectivity index (χ4n) is 0.440. The van der Waals surface area contributed by atoms with Crippen LogP contribution in [0.5, 0.6) is 0 Å². The molecule has 1 aliphatic rings. The molecule has 0 spiro atoms. The van der Waals surface area contributed by atoms with Crippen LogP contribution in [0.1, 0.15) is 13.8 Å². The summed E-state index contributed by atoms with van der Waals surface area (Å²) in [5, 5.41) is 0. The average Bonchev–Trinajstić information content (AvgIpc) is 2.11. The first-order valence-corrected chi connectivity index (χ1v) is 4.13. The highest BCUT2D eigenvalue weighted by Gasteiger charge is 1.97. The fraction of sp³-hybridized carbons (Fsp3) is 0.273. The molecule has 0 radical (unpaired) electrons. The molecule has 0 saturated heterocycles. The average molecular weight is 178 g/mol. The van der Waals surface area contributed by atoms with Gasteiger partial charge < -0.3 is 0 Å². The summed E-state index contributed by atoms with van der Waals surface area (Å²) in [7, 11) is 0. The molecule has 0 unspecified atom stereocenters. The molecule has 1 aliphatic carbocycles. The first kappa shape index (κ1) is 11.6. The summed E-state index contributed by atoms with van der Waals surface area (Å²) in [6.07, 6.45) is 6.93. The van der Waals surface area contributed by atoms with E-state index in [1.807, 2.05) is 6.08 Å². The molecule has 1 rings (SSSR count). The van der Waals surface area contributed by atoms with Gasteiger partial charge in [-0.15, -0.1) is 6.58 Å². The maximum absolute atomic E-state index is 10.3. The molecule has 2 heteroatoms. The fourth-order valence-corrected chi connectivity index (χ4v) is 0.440. The minimum atomic E-state index is -0.121. The summed E-state index contributed by atoms with van der Waals surface area (Å²) in [6, 6.07) is 0. The lowest BCUT2D eigenvalue weighted by molar-refractivity contribution is -0.113. The van der Waals surface area contributed by atoms with E-state index in [-0.39, 0.29) is 11.6 Å². The zero-order chi connectivity index (χ0) is 10.3. The highest BCUT2D eigenvalue weighted by Crippen LogP contribution is 1.90. The molecule has 0 aromatic heterocycles. The number of ketones is 2. The van der Waals surface area contributed by atoms with E-state index >= 15 is 0 Å². The zero-order valence-electron chi connectivity index (χ0n) is 7.99. The van der Waals surface area contributed by atoms with Crippen molar-refractivity contribution in [1.29, 1.82) is 0 Å². The van der Waals surface area contributed by atoms with Crippen LogP contribution in [0.15, 0.2) is 37.0 Å². The van der Waals surface area contributed by atoms with Gasteiger partial charge in [-0.2, -0.15) is 0 Å². The molecule has 0 saturated carbocycles. The topological polar surface area (TPSA) is 34.1 Å². The number of hydrogen-bond acceptors (Lipinski definition) is 2. The summed E-state index contributed by atoms with van der Waals surface area (Å²) in [4.78, 5) is 20.6. The lowest BCUT2D eigenvalue weighted by Crippen LogP contribution is -1.97. The minimum Gasteiger partial charge on any atom is -0.290 e. The summed E-state index contributed by atoms with van der Waals surface area (Å²) >= 11 is 0. The summed E-state index contributed by atoms with van der Waals surface area (Å²) in [6.45, 7) is 7.77. The van der Waals surface area contributed by atoms with Crippen LogP contribution in [0.4, 0.5) is 0 Å². The van der Waals surface area contributed by atoms with Gasteiger partial charge in [-0.1, -0.05) is 19.9 Å². The molecule has 0 aromatic rings. The number of hydrogen-bond donors (Lipinski definition) is 0. The van der Waals surface area contributed by atoms with Crippen molar-refractivity contribution in [2.75, 3.05) is 0 Å². The van der Waals surface area contributed by atoms with Gasteiger partial charge >= 0.3 is 0 Å². The molecule has 0 aromatic carbocycles. The molecule has 70 valence electrons. The van der Waals surface area contributed by atoms with Crippen molar-refractivity contribution in [3.8, 4) is 0 Å². The van der Waals surface area contributed by atoms with Crippen LogP contribution in [-0.4, -0.2) is 11.6 Å². The molecule has 0 bridgehead atoms. The Bertz CT molecular complexity index is 219. The molecule has 0 atom stereocenters. The Morgan fingerprint density at radius 1 is 1.08 bits per heavy atom. The van der Waals surface area contributed by atoms with E-state index < -0.39 is 0 Å². The molecule has 0 fully saturated rings. The van der Waals surface area contributed by atoms with Gasteiger partial charge in [0.1, 0.15) is 0 Å². The van der Waals surface area contributed by atoms with Gasteiger partial charge in [-0.25, -0.2) is 0 Å². The van der Waals surface area contributed by atoms with Gasteiger partial charge in [0.25, 0.3) is 0 Å². The van der Waals surface area contributed by atoms with Crippen molar-refractivity contribution in [1.82, 2.24) is 0 Å². The van der Waals surface area contributed by atoms with Gasteiger partial charge in [0.05, 0.1) is 0 Å². The maximum atomic E-state index is 10.3. The van der Waals surface area contributed by atoms with Crippen molar-refractivity contribution in [3.05, 3.63) is 37.0 Å². The van der Waals surface area contributed by atoms with E-state index in [1.54, 1.807) is 0 Å². The highest BCUT2D eigenvalue weighted by molar-refractivity contribution is 6.14. The third-order valence-corrected chi connectivity index (χ3v) is 1.30. The predicted octanol–water partition coefficient (Wildman–Crippen LogP) is 2.08. The zero-order valence-corrected chi connectivity index (χ0v) is 7.99. The lowest BCUT2D eigenvalue weighted by Gasteiger charge is -1.87. The normalized spacial score (nSPS) is 14.1. The largest absolute Gasteiger partial charge is 0.290 e. The number of carbonyl (C=O) groups excluding carboxylic acids is 2. The molecule has 0 heterocycles. The molecule has 2 nitrogen and oxygen atoms in total. The van der Waals surface area contributed by atoms with E-state index in [4.69, 9.17) is 0 Å². The second kappa shape index (κ2) is 6.12.